The molecule has 2 aromatic rings. The van der Waals surface area contributed by atoms with E-state index < -0.39 is 10.0 Å². The Morgan fingerprint density at radius 1 is 1.03 bits per heavy atom. The van der Waals surface area contributed by atoms with Gasteiger partial charge in [-0.25, -0.2) is 12.7 Å². The molecule has 6 nitrogen and oxygen atoms in total. The van der Waals surface area contributed by atoms with E-state index in [0.29, 0.717) is 39.1 Å². The maximum absolute atomic E-state index is 12.7. The molecule has 0 atom stereocenters. The third-order valence-electron chi connectivity index (χ3n) is 5.69. The predicted molar refractivity (Wildman–Crippen MR) is 123 cm³/mol. The summed E-state index contributed by atoms with van der Waals surface area (Å²) in [6.45, 7) is 7.58. The number of hydrogen-bond acceptors (Lipinski definition) is 4. The quantitative estimate of drug-likeness (QED) is 0.634. The van der Waals surface area contributed by atoms with Gasteiger partial charge in [-0.15, -0.1) is 0 Å². The molecule has 31 heavy (non-hydrogen) atoms. The molecule has 1 amide bonds. The van der Waals surface area contributed by atoms with Crippen molar-refractivity contribution in [2.75, 3.05) is 26.2 Å². The van der Waals surface area contributed by atoms with Crippen molar-refractivity contribution in [2.45, 2.75) is 39.4 Å². The van der Waals surface area contributed by atoms with Gasteiger partial charge in [-0.1, -0.05) is 42.0 Å². The van der Waals surface area contributed by atoms with Crippen molar-refractivity contribution in [2.24, 2.45) is 5.92 Å². The van der Waals surface area contributed by atoms with Gasteiger partial charge in [0.15, 0.2) is 0 Å². The molecular weight excluding hydrogens is 412 g/mol. The number of carbonyl (C=O) groups excluding carboxylic acids is 1. The Morgan fingerprint density at radius 2 is 1.68 bits per heavy atom. The van der Waals surface area contributed by atoms with Crippen LogP contribution >= 0.6 is 0 Å². The molecule has 1 N–H and O–H groups in total. The fourth-order valence-corrected chi connectivity index (χ4v) is 5.29. The van der Waals surface area contributed by atoms with Crippen LogP contribution in [0.1, 0.15) is 35.1 Å². The lowest BCUT2D eigenvalue weighted by atomic mass is 9.97. The van der Waals surface area contributed by atoms with Crippen LogP contribution in [-0.4, -0.2) is 44.9 Å². The summed E-state index contributed by atoms with van der Waals surface area (Å²) in [6, 6.07) is 13.6. The summed E-state index contributed by atoms with van der Waals surface area (Å²) in [5.74, 6) is 0.646. The van der Waals surface area contributed by atoms with Crippen LogP contribution in [0.5, 0.6) is 5.75 Å². The lowest BCUT2D eigenvalue weighted by Crippen LogP contribution is -2.43. The summed E-state index contributed by atoms with van der Waals surface area (Å²) in [6.07, 6.45) is 1.08. The van der Waals surface area contributed by atoms with E-state index in [2.05, 4.69) is 5.32 Å². The first-order chi connectivity index (χ1) is 14.7. The van der Waals surface area contributed by atoms with E-state index in [0.717, 1.165) is 28.0 Å². The molecule has 0 radical (unpaired) electrons. The lowest BCUT2D eigenvalue weighted by molar-refractivity contribution is -0.126. The molecule has 1 aliphatic rings. The van der Waals surface area contributed by atoms with Crippen molar-refractivity contribution in [3.8, 4) is 5.75 Å². The van der Waals surface area contributed by atoms with Gasteiger partial charge in [-0.2, -0.15) is 0 Å². The van der Waals surface area contributed by atoms with E-state index in [1.807, 2.05) is 63.2 Å². The van der Waals surface area contributed by atoms with Crippen LogP contribution in [0.3, 0.4) is 0 Å². The van der Waals surface area contributed by atoms with Gasteiger partial charge in [-0.05, 0) is 56.4 Å². The SMILES string of the molecule is Cc1ccc(CS(=O)(=O)N2CCC(C(=O)NCCOc3cc(C)ccc3C)CC2)cc1. The number of nitrogens with one attached hydrogen (secondary N) is 1. The van der Waals surface area contributed by atoms with Gasteiger partial charge < -0.3 is 10.1 Å². The molecule has 0 bridgehead atoms. The topological polar surface area (TPSA) is 75.7 Å². The zero-order chi connectivity index (χ0) is 22.4. The Labute approximate surface area is 185 Å². The number of piperidine rings is 1. The zero-order valence-electron chi connectivity index (χ0n) is 18.6. The highest BCUT2D eigenvalue weighted by Crippen LogP contribution is 2.22. The van der Waals surface area contributed by atoms with Crippen LogP contribution in [0, 0.1) is 26.7 Å². The summed E-state index contributed by atoms with van der Waals surface area (Å²) in [5.41, 5.74) is 4.09. The van der Waals surface area contributed by atoms with Crippen molar-refractivity contribution in [1.29, 1.82) is 0 Å². The Morgan fingerprint density at radius 3 is 2.35 bits per heavy atom. The highest BCUT2D eigenvalue weighted by Gasteiger charge is 2.31. The van der Waals surface area contributed by atoms with Gasteiger partial charge >= 0.3 is 0 Å². The van der Waals surface area contributed by atoms with E-state index in [4.69, 9.17) is 4.74 Å². The molecule has 1 fully saturated rings. The van der Waals surface area contributed by atoms with E-state index in [1.165, 1.54) is 4.31 Å². The predicted octanol–water partition coefficient (Wildman–Crippen LogP) is 3.35. The fourth-order valence-electron chi connectivity index (χ4n) is 3.72. The van der Waals surface area contributed by atoms with Crippen molar-refractivity contribution >= 4 is 15.9 Å². The molecule has 2 aromatic carbocycles. The first-order valence-electron chi connectivity index (χ1n) is 10.8. The van der Waals surface area contributed by atoms with Crippen molar-refractivity contribution in [3.05, 3.63) is 64.7 Å². The molecule has 3 rings (SSSR count). The first kappa shape index (κ1) is 23.3. The molecule has 7 heteroatoms. The molecule has 0 aromatic heterocycles. The second-order valence-electron chi connectivity index (χ2n) is 8.32. The minimum Gasteiger partial charge on any atom is -0.491 e. The van der Waals surface area contributed by atoms with Crippen molar-refractivity contribution in [3.63, 3.8) is 0 Å². The average molecular weight is 445 g/mol. The van der Waals surface area contributed by atoms with Crippen LogP contribution in [0.15, 0.2) is 42.5 Å². The summed E-state index contributed by atoms with van der Waals surface area (Å²) >= 11 is 0. The molecule has 1 aliphatic heterocycles. The third kappa shape index (κ3) is 6.55. The third-order valence-corrected chi connectivity index (χ3v) is 7.54. The zero-order valence-corrected chi connectivity index (χ0v) is 19.4. The molecule has 0 aliphatic carbocycles. The van der Waals surface area contributed by atoms with Crippen molar-refractivity contribution in [1.82, 2.24) is 9.62 Å². The highest BCUT2D eigenvalue weighted by atomic mass is 32.2. The maximum atomic E-state index is 12.7. The number of hydrogen-bond donors (Lipinski definition) is 1. The number of benzene rings is 2. The minimum atomic E-state index is -3.38. The van der Waals surface area contributed by atoms with Crippen LogP contribution in [-0.2, 0) is 20.6 Å². The van der Waals surface area contributed by atoms with Gasteiger partial charge in [-0.3, -0.25) is 4.79 Å². The molecule has 0 unspecified atom stereocenters. The number of amides is 1. The average Bonchev–Trinajstić information content (AvgIpc) is 2.75. The smallest absolute Gasteiger partial charge is 0.223 e. The van der Waals surface area contributed by atoms with Gasteiger partial charge in [0.1, 0.15) is 12.4 Å². The van der Waals surface area contributed by atoms with E-state index in [9.17, 15) is 13.2 Å². The monoisotopic (exact) mass is 444 g/mol. The van der Waals surface area contributed by atoms with Gasteiger partial charge in [0.05, 0.1) is 12.3 Å². The fraction of sp³-hybridized carbons (Fsp3) is 0.458. The Bertz CT molecular complexity index is 995. The van der Waals surface area contributed by atoms with Crippen LogP contribution in [0.4, 0.5) is 0 Å². The second-order valence-corrected chi connectivity index (χ2v) is 10.3. The largest absolute Gasteiger partial charge is 0.491 e. The van der Waals surface area contributed by atoms with Gasteiger partial charge in [0.25, 0.3) is 0 Å². The summed E-state index contributed by atoms with van der Waals surface area (Å²) in [7, 11) is -3.38. The number of aryl methyl sites for hydroxylation is 3. The van der Waals surface area contributed by atoms with Crippen LogP contribution in [0.25, 0.3) is 0 Å². The number of sulfonamides is 1. The van der Waals surface area contributed by atoms with Crippen molar-refractivity contribution < 1.29 is 17.9 Å². The number of ether oxygens (including phenoxy) is 1. The van der Waals surface area contributed by atoms with Crippen LogP contribution in [0.2, 0.25) is 0 Å². The Balaban J connectivity index is 1.41. The minimum absolute atomic E-state index is 0.000140. The number of rotatable bonds is 8. The van der Waals surface area contributed by atoms with Crippen LogP contribution < -0.4 is 10.1 Å². The first-order valence-corrected chi connectivity index (χ1v) is 12.4. The molecule has 0 spiro atoms. The normalized spacial score (nSPS) is 15.6. The standard InChI is InChI=1S/C24H32N2O4S/c1-18-5-8-21(9-6-18)17-31(28,29)26-13-10-22(11-14-26)24(27)25-12-15-30-23-16-19(2)4-7-20(23)3/h4-9,16,22H,10-15,17H2,1-3H3,(H,25,27). The van der Waals surface area contributed by atoms with Gasteiger partial charge in [0, 0.05) is 19.0 Å². The molecule has 1 heterocycles. The maximum Gasteiger partial charge on any atom is 0.223 e. The molecular formula is C24H32N2O4S. The molecule has 1 saturated heterocycles. The van der Waals surface area contributed by atoms with E-state index in [1.54, 1.807) is 0 Å². The highest BCUT2D eigenvalue weighted by molar-refractivity contribution is 7.88. The van der Waals surface area contributed by atoms with E-state index in [-0.39, 0.29) is 17.6 Å². The lowest BCUT2D eigenvalue weighted by Gasteiger charge is -2.30. The van der Waals surface area contributed by atoms with Gasteiger partial charge in [0.2, 0.25) is 15.9 Å². The van der Waals surface area contributed by atoms with E-state index >= 15 is 0 Å². The molecule has 0 saturated carbocycles. The molecule has 168 valence electrons. The number of nitrogens with zero attached hydrogens (tertiary/aromatic N) is 1. The summed E-state index contributed by atoms with van der Waals surface area (Å²) in [5, 5.41) is 2.92. The number of carbonyl (C=O) groups is 1. The Hall–Kier alpha value is -2.38. The summed E-state index contributed by atoms with van der Waals surface area (Å²) in [4.78, 5) is 12.5. The Kier molecular flexibility index (Phi) is 7.73. The second kappa shape index (κ2) is 10.3. The summed E-state index contributed by atoms with van der Waals surface area (Å²) < 4.78 is 32.7.